The van der Waals surface area contributed by atoms with E-state index in [0.29, 0.717) is 6.04 Å². The van der Waals surface area contributed by atoms with Gasteiger partial charge in [-0.25, -0.2) is 0 Å². The molecule has 1 N–H and O–H groups in total. The Bertz CT molecular complexity index is 395. The lowest BCUT2D eigenvalue weighted by Gasteiger charge is -2.26. The van der Waals surface area contributed by atoms with Crippen LogP contribution in [0.5, 0.6) is 0 Å². The maximum atomic E-state index is 5.41. The van der Waals surface area contributed by atoms with E-state index >= 15 is 0 Å². The van der Waals surface area contributed by atoms with Crippen molar-refractivity contribution in [2.45, 2.75) is 25.3 Å². The molecule has 2 heterocycles. The average Bonchev–Trinajstić information content (AvgIpc) is 2.38. The van der Waals surface area contributed by atoms with Crippen molar-refractivity contribution in [2.75, 3.05) is 20.3 Å². The molecule has 1 atom stereocenters. The van der Waals surface area contributed by atoms with Crippen LogP contribution < -0.4 is 5.32 Å². The molecular weight excluding hydrogens is 360 g/mol. The van der Waals surface area contributed by atoms with E-state index in [4.69, 9.17) is 4.74 Å². The molecule has 1 aromatic rings. The first kappa shape index (κ1) is 14.4. The van der Waals surface area contributed by atoms with Gasteiger partial charge in [0.15, 0.2) is 0 Å². The highest BCUT2D eigenvalue weighted by molar-refractivity contribution is 9.11. The second-order valence-corrected chi connectivity index (χ2v) is 6.42. The summed E-state index contributed by atoms with van der Waals surface area (Å²) in [7, 11) is 2.00. The Labute approximate surface area is 125 Å². The lowest BCUT2D eigenvalue weighted by molar-refractivity contribution is 0.0606. The molecule has 1 aliphatic heterocycles. The van der Waals surface area contributed by atoms with Crippen molar-refractivity contribution in [3.05, 3.63) is 26.9 Å². The number of ether oxygens (including phenoxy) is 1. The van der Waals surface area contributed by atoms with Crippen molar-refractivity contribution in [1.29, 1.82) is 0 Å². The zero-order valence-corrected chi connectivity index (χ0v) is 13.6. The van der Waals surface area contributed by atoms with Crippen LogP contribution in [-0.4, -0.2) is 25.2 Å². The van der Waals surface area contributed by atoms with Gasteiger partial charge in [0.05, 0.1) is 11.7 Å². The largest absolute Gasteiger partial charge is 0.381 e. The van der Waals surface area contributed by atoms with Crippen LogP contribution in [0.4, 0.5) is 0 Å². The molecule has 0 amide bonds. The van der Waals surface area contributed by atoms with Crippen LogP contribution in [-0.2, 0) is 4.74 Å². The van der Waals surface area contributed by atoms with Crippen molar-refractivity contribution in [3.8, 4) is 0 Å². The first-order valence-corrected chi connectivity index (χ1v) is 7.85. The quantitative estimate of drug-likeness (QED) is 0.868. The van der Waals surface area contributed by atoms with E-state index in [-0.39, 0.29) is 0 Å². The molecular formula is C13H18Br2N2O. The SMILES string of the molecule is CNC(CC1CCOCC1)c1ncc(Br)cc1Br. The molecule has 1 saturated heterocycles. The molecule has 0 radical (unpaired) electrons. The fourth-order valence-corrected chi connectivity index (χ4v) is 3.63. The molecule has 1 aliphatic rings. The molecule has 0 aliphatic carbocycles. The second-order valence-electron chi connectivity index (χ2n) is 4.65. The smallest absolute Gasteiger partial charge is 0.0715 e. The van der Waals surface area contributed by atoms with Crippen molar-refractivity contribution in [2.24, 2.45) is 5.92 Å². The normalized spacial score (nSPS) is 18.8. The fourth-order valence-electron chi connectivity index (χ4n) is 2.36. The average molecular weight is 378 g/mol. The number of aromatic nitrogens is 1. The third-order valence-electron chi connectivity index (χ3n) is 3.42. The van der Waals surface area contributed by atoms with Crippen LogP contribution in [0.1, 0.15) is 31.0 Å². The Balaban J connectivity index is 2.07. The predicted molar refractivity (Wildman–Crippen MR) is 79.6 cm³/mol. The highest BCUT2D eigenvalue weighted by atomic mass is 79.9. The van der Waals surface area contributed by atoms with Crippen LogP contribution in [0.15, 0.2) is 21.2 Å². The minimum Gasteiger partial charge on any atom is -0.381 e. The molecule has 1 unspecified atom stereocenters. The van der Waals surface area contributed by atoms with Crippen molar-refractivity contribution < 1.29 is 4.74 Å². The Kier molecular flexibility index (Phi) is 5.60. The number of halogens is 2. The van der Waals surface area contributed by atoms with Gasteiger partial charge in [-0.05, 0) is 70.2 Å². The molecule has 18 heavy (non-hydrogen) atoms. The maximum Gasteiger partial charge on any atom is 0.0715 e. The van der Waals surface area contributed by atoms with Crippen LogP contribution in [0.25, 0.3) is 0 Å². The molecule has 1 fully saturated rings. The van der Waals surface area contributed by atoms with Gasteiger partial charge < -0.3 is 10.1 Å². The highest BCUT2D eigenvalue weighted by Crippen LogP contribution is 2.31. The number of hydrogen-bond acceptors (Lipinski definition) is 3. The minimum atomic E-state index is 0.301. The molecule has 0 bridgehead atoms. The van der Waals surface area contributed by atoms with Crippen LogP contribution in [0.2, 0.25) is 0 Å². The number of nitrogens with zero attached hydrogens (tertiary/aromatic N) is 1. The van der Waals surface area contributed by atoms with E-state index < -0.39 is 0 Å². The summed E-state index contributed by atoms with van der Waals surface area (Å²) in [5, 5.41) is 3.38. The molecule has 0 aromatic carbocycles. The predicted octanol–water partition coefficient (Wildman–Crippen LogP) is 3.68. The molecule has 5 heteroatoms. The summed E-state index contributed by atoms with van der Waals surface area (Å²) in [6.45, 7) is 1.80. The van der Waals surface area contributed by atoms with Crippen LogP contribution >= 0.6 is 31.9 Å². The standard InChI is InChI=1S/C13H18Br2N2O/c1-16-12(6-9-2-4-18-5-3-9)13-11(15)7-10(14)8-17-13/h7-9,12,16H,2-6H2,1H3. The summed E-state index contributed by atoms with van der Waals surface area (Å²) < 4.78 is 7.47. The molecule has 2 rings (SSSR count). The maximum absolute atomic E-state index is 5.41. The van der Waals surface area contributed by atoms with Crippen molar-refractivity contribution in [1.82, 2.24) is 10.3 Å². The summed E-state index contributed by atoms with van der Waals surface area (Å²) >= 11 is 7.03. The number of pyridine rings is 1. The molecule has 0 spiro atoms. The first-order chi connectivity index (χ1) is 8.70. The third-order valence-corrected chi connectivity index (χ3v) is 4.49. The fraction of sp³-hybridized carbons (Fsp3) is 0.615. The summed E-state index contributed by atoms with van der Waals surface area (Å²) in [5.41, 5.74) is 1.09. The summed E-state index contributed by atoms with van der Waals surface area (Å²) in [6, 6.07) is 2.35. The topological polar surface area (TPSA) is 34.1 Å². The van der Waals surface area contributed by atoms with Gasteiger partial charge in [0.1, 0.15) is 0 Å². The Morgan fingerprint density at radius 1 is 1.44 bits per heavy atom. The van der Waals surface area contributed by atoms with Crippen LogP contribution in [0.3, 0.4) is 0 Å². The zero-order valence-electron chi connectivity index (χ0n) is 10.5. The number of hydrogen-bond donors (Lipinski definition) is 1. The minimum absolute atomic E-state index is 0.301. The third kappa shape index (κ3) is 3.76. The summed E-state index contributed by atoms with van der Waals surface area (Å²) in [4.78, 5) is 4.53. The zero-order chi connectivity index (χ0) is 13.0. The lowest BCUT2D eigenvalue weighted by atomic mass is 9.91. The van der Waals surface area contributed by atoms with Gasteiger partial charge in [-0.2, -0.15) is 0 Å². The van der Waals surface area contributed by atoms with Crippen molar-refractivity contribution >= 4 is 31.9 Å². The van der Waals surface area contributed by atoms with E-state index in [1.165, 1.54) is 0 Å². The van der Waals surface area contributed by atoms with E-state index in [9.17, 15) is 0 Å². The Morgan fingerprint density at radius 2 is 2.17 bits per heavy atom. The first-order valence-electron chi connectivity index (χ1n) is 6.26. The molecule has 1 aromatic heterocycles. The van der Waals surface area contributed by atoms with E-state index in [1.807, 2.05) is 13.2 Å². The second kappa shape index (κ2) is 6.98. The lowest BCUT2D eigenvalue weighted by Crippen LogP contribution is -2.24. The monoisotopic (exact) mass is 376 g/mol. The highest BCUT2D eigenvalue weighted by Gasteiger charge is 2.21. The van der Waals surface area contributed by atoms with Gasteiger partial charge in [-0.3, -0.25) is 4.98 Å². The van der Waals surface area contributed by atoms with E-state index in [0.717, 1.165) is 53.0 Å². The summed E-state index contributed by atoms with van der Waals surface area (Å²) in [5.74, 6) is 0.730. The van der Waals surface area contributed by atoms with Gasteiger partial charge in [0, 0.05) is 28.4 Å². The van der Waals surface area contributed by atoms with E-state index in [1.54, 1.807) is 0 Å². The molecule has 100 valence electrons. The number of nitrogens with one attached hydrogen (secondary N) is 1. The van der Waals surface area contributed by atoms with E-state index in [2.05, 4.69) is 48.2 Å². The summed E-state index contributed by atoms with van der Waals surface area (Å²) in [6.07, 6.45) is 5.29. The van der Waals surface area contributed by atoms with Gasteiger partial charge in [-0.1, -0.05) is 0 Å². The van der Waals surface area contributed by atoms with Crippen LogP contribution in [0, 0.1) is 5.92 Å². The molecule has 3 nitrogen and oxygen atoms in total. The number of rotatable bonds is 4. The van der Waals surface area contributed by atoms with Crippen molar-refractivity contribution in [3.63, 3.8) is 0 Å². The van der Waals surface area contributed by atoms with Gasteiger partial charge >= 0.3 is 0 Å². The Morgan fingerprint density at radius 3 is 2.78 bits per heavy atom. The Hall–Kier alpha value is 0.0300. The molecule has 0 saturated carbocycles. The van der Waals surface area contributed by atoms with Gasteiger partial charge in [0.25, 0.3) is 0 Å². The van der Waals surface area contributed by atoms with Gasteiger partial charge in [-0.15, -0.1) is 0 Å². The van der Waals surface area contributed by atoms with Gasteiger partial charge in [0.2, 0.25) is 0 Å².